The van der Waals surface area contributed by atoms with Crippen molar-refractivity contribution in [2.45, 2.75) is 44.6 Å². The van der Waals surface area contributed by atoms with E-state index < -0.39 is 11.9 Å². The summed E-state index contributed by atoms with van der Waals surface area (Å²) in [6.45, 7) is 1.19. The molecule has 3 rings (SSSR count). The summed E-state index contributed by atoms with van der Waals surface area (Å²) in [5.74, 6) is -1.57. The van der Waals surface area contributed by atoms with Crippen LogP contribution in [0.15, 0.2) is 48.5 Å². The molecule has 202 valence electrons. The number of carboxylic acid groups (broad SMARTS) is 2. The third-order valence-corrected chi connectivity index (χ3v) is 6.42. The molecule has 0 saturated heterocycles. The topological polar surface area (TPSA) is 125 Å². The van der Waals surface area contributed by atoms with Crippen LogP contribution in [0.1, 0.15) is 49.3 Å². The predicted octanol–water partition coefficient (Wildman–Crippen LogP) is 3.77. The summed E-state index contributed by atoms with van der Waals surface area (Å²) in [6.07, 6.45) is 7.05. The Morgan fingerprint density at radius 3 is 2.14 bits per heavy atom. The molecule has 0 spiro atoms. The number of nitrogens with one attached hydrogen (secondary N) is 1. The SMILES string of the molecule is COc1ccc(CCN(C)CC(=O)NC(c2ccccc2)C2CCCCC2)cc1OC.O=C(O)C(=O)O. The van der Waals surface area contributed by atoms with Crippen molar-refractivity contribution >= 4 is 17.8 Å². The van der Waals surface area contributed by atoms with Crippen LogP contribution in [0.3, 0.4) is 0 Å². The Labute approximate surface area is 218 Å². The predicted molar refractivity (Wildman–Crippen MR) is 140 cm³/mol. The van der Waals surface area contributed by atoms with Gasteiger partial charge in [-0.2, -0.15) is 0 Å². The molecule has 2 aromatic rings. The molecular formula is C28H38N2O7. The quantitative estimate of drug-likeness (QED) is 0.409. The van der Waals surface area contributed by atoms with E-state index in [9.17, 15) is 4.79 Å². The second-order valence-corrected chi connectivity index (χ2v) is 9.14. The fourth-order valence-electron chi connectivity index (χ4n) is 4.50. The molecule has 0 aliphatic heterocycles. The van der Waals surface area contributed by atoms with E-state index in [2.05, 4.69) is 34.5 Å². The number of hydrogen-bond acceptors (Lipinski definition) is 6. The van der Waals surface area contributed by atoms with Gasteiger partial charge < -0.3 is 25.0 Å². The molecule has 1 amide bonds. The number of hydrogen-bond donors (Lipinski definition) is 3. The zero-order chi connectivity index (χ0) is 27.2. The van der Waals surface area contributed by atoms with Crippen molar-refractivity contribution in [2.75, 3.05) is 34.4 Å². The maximum absolute atomic E-state index is 12.9. The number of methoxy groups -OCH3 is 2. The van der Waals surface area contributed by atoms with Gasteiger partial charge in [-0.1, -0.05) is 55.7 Å². The van der Waals surface area contributed by atoms with Crippen LogP contribution in [0.5, 0.6) is 11.5 Å². The molecule has 1 atom stereocenters. The number of benzene rings is 2. The van der Waals surface area contributed by atoms with Crippen LogP contribution in [0.4, 0.5) is 0 Å². The number of amides is 1. The second kappa shape index (κ2) is 15.5. The first-order valence-corrected chi connectivity index (χ1v) is 12.4. The summed E-state index contributed by atoms with van der Waals surface area (Å²) in [7, 11) is 5.28. The standard InChI is InChI=1S/C26H36N2O3.C2H2O4/c1-28(17-16-20-14-15-23(30-2)24(18-20)31-3)19-25(29)27-26(21-10-6-4-7-11-21)22-12-8-5-9-13-22;3-1(4)2(5)6/h4,6-7,10-11,14-15,18,22,26H,5,8-9,12-13,16-17,19H2,1-3H3,(H,27,29);(H,3,4)(H,5,6). The Kier molecular flexibility index (Phi) is 12.4. The average molecular weight is 515 g/mol. The third-order valence-electron chi connectivity index (χ3n) is 6.42. The third kappa shape index (κ3) is 10.1. The van der Waals surface area contributed by atoms with Crippen molar-refractivity contribution in [3.05, 3.63) is 59.7 Å². The molecular weight excluding hydrogens is 476 g/mol. The molecule has 1 unspecified atom stereocenters. The maximum Gasteiger partial charge on any atom is 0.414 e. The minimum atomic E-state index is -1.82. The lowest BCUT2D eigenvalue weighted by Gasteiger charge is -2.32. The van der Waals surface area contributed by atoms with E-state index in [0.717, 1.165) is 30.0 Å². The molecule has 1 fully saturated rings. The van der Waals surface area contributed by atoms with E-state index in [4.69, 9.17) is 29.3 Å². The van der Waals surface area contributed by atoms with E-state index in [1.54, 1.807) is 14.2 Å². The van der Waals surface area contributed by atoms with Crippen LogP contribution in [-0.4, -0.2) is 67.3 Å². The van der Waals surface area contributed by atoms with Gasteiger partial charge in [0.25, 0.3) is 0 Å². The fourth-order valence-corrected chi connectivity index (χ4v) is 4.50. The van der Waals surface area contributed by atoms with Gasteiger partial charge in [-0.3, -0.25) is 9.69 Å². The summed E-state index contributed by atoms with van der Waals surface area (Å²) >= 11 is 0. The highest BCUT2D eigenvalue weighted by atomic mass is 16.5. The lowest BCUT2D eigenvalue weighted by molar-refractivity contribution is -0.159. The van der Waals surface area contributed by atoms with E-state index in [1.807, 2.05) is 31.3 Å². The van der Waals surface area contributed by atoms with Crippen molar-refractivity contribution in [1.29, 1.82) is 0 Å². The van der Waals surface area contributed by atoms with Gasteiger partial charge >= 0.3 is 11.9 Å². The summed E-state index contributed by atoms with van der Waals surface area (Å²) in [6, 6.07) is 16.5. The highest BCUT2D eigenvalue weighted by Crippen LogP contribution is 2.34. The number of likely N-dealkylation sites (N-methyl/N-ethyl adjacent to an activating group) is 1. The molecule has 3 N–H and O–H groups in total. The summed E-state index contributed by atoms with van der Waals surface area (Å²) in [5.41, 5.74) is 2.38. The Morgan fingerprint density at radius 1 is 0.946 bits per heavy atom. The Hall–Kier alpha value is -3.59. The van der Waals surface area contributed by atoms with Crippen molar-refractivity contribution in [1.82, 2.24) is 10.2 Å². The van der Waals surface area contributed by atoms with Crippen LogP contribution in [0.2, 0.25) is 0 Å². The van der Waals surface area contributed by atoms with Gasteiger partial charge in [0.1, 0.15) is 0 Å². The number of ether oxygens (including phenoxy) is 2. The molecule has 0 radical (unpaired) electrons. The number of carbonyl (C=O) groups is 3. The molecule has 1 aliphatic carbocycles. The smallest absolute Gasteiger partial charge is 0.414 e. The Morgan fingerprint density at radius 2 is 1.57 bits per heavy atom. The average Bonchev–Trinajstić information content (AvgIpc) is 2.91. The first-order valence-electron chi connectivity index (χ1n) is 12.4. The van der Waals surface area contributed by atoms with Crippen LogP contribution < -0.4 is 14.8 Å². The summed E-state index contributed by atoms with van der Waals surface area (Å²) in [5, 5.41) is 18.1. The fraction of sp³-hybridized carbons (Fsp3) is 0.464. The van der Waals surface area contributed by atoms with E-state index in [0.29, 0.717) is 12.5 Å². The normalized spacial score (nSPS) is 14.2. The van der Waals surface area contributed by atoms with Crippen LogP contribution in [0.25, 0.3) is 0 Å². The first-order chi connectivity index (χ1) is 17.7. The number of carboxylic acids is 2. The summed E-state index contributed by atoms with van der Waals surface area (Å²) in [4.78, 5) is 33.2. The second-order valence-electron chi connectivity index (χ2n) is 9.14. The number of rotatable bonds is 10. The van der Waals surface area contributed by atoms with Crippen molar-refractivity contribution in [2.24, 2.45) is 5.92 Å². The molecule has 1 aliphatic rings. The van der Waals surface area contributed by atoms with Gasteiger partial charge in [-0.25, -0.2) is 9.59 Å². The van der Waals surface area contributed by atoms with Gasteiger partial charge in [0.05, 0.1) is 26.8 Å². The number of nitrogens with zero attached hydrogens (tertiary/aromatic N) is 1. The van der Waals surface area contributed by atoms with E-state index >= 15 is 0 Å². The van der Waals surface area contributed by atoms with E-state index in [-0.39, 0.29) is 11.9 Å². The van der Waals surface area contributed by atoms with Crippen molar-refractivity contribution in [3.63, 3.8) is 0 Å². The molecule has 9 nitrogen and oxygen atoms in total. The molecule has 0 heterocycles. The van der Waals surface area contributed by atoms with Crippen molar-refractivity contribution in [3.8, 4) is 11.5 Å². The number of aliphatic carboxylic acids is 2. The lowest BCUT2D eigenvalue weighted by atomic mass is 9.81. The van der Waals surface area contributed by atoms with Gasteiger partial charge in [0.15, 0.2) is 11.5 Å². The zero-order valence-corrected chi connectivity index (χ0v) is 21.8. The minimum absolute atomic E-state index is 0.0919. The lowest BCUT2D eigenvalue weighted by Crippen LogP contribution is -2.40. The van der Waals surface area contributed by atoms with Crippen LogP contribution in [0, 0.1) is 5.92 Å². The van der Waals surface area contributed by atoms with Gasteiger partial charge in [-0.15, -0.1) is 0 Å². The first kappa shape index (κ1) is 29.6. The molecule has 9 heteroatoms. The van der Waals surface area contributed by atoms with Gasteiger partial charge in [0.2, 0.25) is 5.91 Å². The van der Waals surface area contributed by atoms with Crippen LogP contribution in [-0.2, 0) is 20.8 Å². The molecule has 0 aromatic heterocycles. The Bertz CT molecular complexity index is 995. The van der Waals surface area contributed by atoms with Crippen LogP contribution >= 0.6 is 0 Å². The zero-order valence-electron chi connectivity index (χ0n) is 21.8. The molecule has 2 aromatic carbocycles. The molecule has 0 bridgehead atoms. The Balaban J connectivity index is 0.000000717. The van der Waals surface area contributed by atoms with Gasteiger partial charge in [0, 0.05) is 6.54 Å². The van der Waals surface area contributed by atoms with Crippen molar-refractivity contribution < 1.29 is 34.1 Å². The highest BCUT2D eigenvalue weighted by Gasteiger charge is 2.26. The molecule has 37 heavy (non-hydrogen) atoms. The molecule has 1 saturated carbocycles. The minimum Gasteiger partial charge on any atom is -0.493 e. The largest absolute Gasteiger partial charge is 0.493 e. The number of carbonyl (C=O) groups excluding carboxylic acids is 1. The van der Waals surface area contributed by atoms with E-state index in [1.165, 1.54) is 37.7 Å². The highest BCUT2D eigenvalue weighted by molar-refractivity contribution is 6.27. The summed E-state index contributed by atoms with van der Waals surface area (Å²) < 4.78 is 10.7. The van der Waals surface area contributed by atoms with Gasteiger partial charge in [-0.05, 0) is 55.5 Å². The maximum atomic E-state index is 12.9. The monoisotopic (exact) mass is 514 g/mol.